The van der Waals surface area contributed by atoms with Crippen LogP contribution in [-0.2, 0) is 14.9 Å². The Balaban J connectivity index is 2.02. The number of allylic oxidation sites excluding steroid dienone is 1. The number of ketones is 1. The van der Waals surface area contributed by atoms with Crippen LogP contribution >= 0.6 is 0 Å². The van der Waals surface area contributed by atoms with Crippen molar-refractivity contribution in [1.29, 1.82) is 0 Å². The summed E-state index contributed by atoms with van der Waals surface area (Å²) in [4.78, 5) is 12.5. The Morgan fingerprint density at radius 2 is 1.77 bits per heavy atom. The topological polar surface area (TPSA) is 71.4 Å². The lowest BCUT2D eigenvalue weighted by atomic mass is 9.69. The Bertz CT molecular complexity index is 771. The highest BCUT2D eigenvalue weighted by atomic mass is 32.2. The van der Waals surface area contributed by atoms with Crippen LogP contribution < -0.4 is 0 Å². The highest BCUT2D eigenvalue weighted by Gasteiger charge is 2.63. The third-order valence-electron chi connectivity index (χ3n) is 5.89. The van der Waals surface area contributed by atoms with E-state index >= 15 is 0 Å². The van der Waals surface area contributed by atoms with E-state index in [0.29, 0.717) is 0 Å². The highest BCUT2D eigenvalue weighted by Crippen LogP contribution is 2.66. The van der Waals surface area contributed by atoms with E-state index in [1.54, 1.807) is 12.1 Å². The van der Waals surface area contributed by atoms with Crippen LogP contribution in [0.4, 0.5) is 0 Å². The smallest absolute Gasteiger partial charge is 0.294 e. The van der Waals surface area contributed by atoms with Crippen molar-refractivity contribution in [2.24, 2.45) is 16.7 Å². The Morgan fingerprint density at radius 3 is 2.23 bits per heavy atom. The number of hydrogen-bond acceptors (Lipinski definition) is 3. The fourth-order valence-electron chi connectivity index (χ4n) is 4.03. The molecule has 2 saturated carbocycles. The molecule has 3 rings (SSSR count). The van der Waals surface area contributed by atoms with E-state index in [-0.39, 0.29) is 27.4 Å². The minimum Gasteiger partial charge on any atom is -0.294 e. The predicted octanol–water partition coefficient (Wildman–Crippen LogP) is 3.34. The molecule has 0 radical (unpaired) electrons. The lowest BCUT2D eigenvalue weighted by molar-refractivity contribution is -0.119. The molecule has 5 heteroatoms. The van der Waals surface area contributed by atoms with E-state index in [9.17, 15) is 13.2 Å². The van der Waals surface area contributed by atoms with Crippen LogP contribution in [-0.4, -0.2) is 18.8 Å². The molecule has 22 heavy (non-hydrogen) atoms. The van der Waals surface area contributed by atoms with Crippen LogP contribution in [0.5, 0.6) is 0 Å². The minimum absolute atomic E-state index is 0.0374. The molecule has 118 valence electrons. The zero-order valence-electron chi connectivity index (χ0n) is 13.0. The summed E-state index contributed by atoms with van der Waals surface area (Å²) in [5.74, 6) is 0.304. The Hall–Kier alpha value is -1.46. The summed E-state index contributed by atoms with van der Waals surface area (Å²) in [5.41, 5.74) is 1.45. The molecule has 1 aromatic rings. The molecule has 0 saturated heterocycles. The van der Waals surface area contributed by atoms with Gasteiger partial charge < -0.3 is 0 Å². The first-order chi connectivity index (χ1) is 10.1. The molecule has 1 aromatic carbocycles. The molecule has 2 atom stereocenters. The number of Topliss-reactive ketones (excluding diaryl/α,β-unsaturated/α-hetero) is 1. The van der Waals surface area contributed by atoms with Crippen LogP contribution in [0.1, 0.15) is 39.2 Å². The Labute approximate surface area is 131 Å². The van der Waals surface area contributed by atoms with Gasteiger partial charge in [-0.2, -0.15) is 8.42 Å². The van der Waals surface area contributed by atoms with Crippen molar-refractivity contribution in [2.75, 3.05) is 0 Å². The van der Waals surface area contributed by atoms with E-state index in [1.165, 1.54) is 12.1 Å². The molecule has 0 aromatic heterocycles. The third-order valence-corrected chi connectivity index (χ3v) is 6.76. The zero-order chi connectivity index (χ0) is 16.3. The molecule has 0 spiro atoms. The van der Waals surface area contributed by atoms with E-state index < -0.39 is 10.1 Å². The van der Waals surface area contributed by atoms with Gasteiger partial charge in [-0.1, -0.05) is 32.9 Å². The van der Waals surface area contributed by atoms with Gasteiger partial charge in [0, 0.05) is 16.9 Å². The number of hydrogen-bond donors (Lipinski definition) is 1. The molecule has 0 unspecified atom stereocenters. The summed E-state index contributed by atoms with van der Waals surface area (Å²) in [6.07, 6.45) is 3.82. The van der Waals surface area contributed by atoms with Crippen LogP contribution in [0.25, 0.3) is 6.08 Å². The van der Waals surface area contributed by atoms with Crippen LogP contribution in [0.3, 0.4) is 0 Å². The fourth-order valence-corrected chi connectivity index (χ4v) is 4.51. The van der Waals surface area contributed by atoms with Crippen molar-refractivity contribution >= 4 is 22.0 Å². The number of fused-ring (bicyclic) bond motifs is 2. The molecule has 0 aliphatic heterocycles. The number of rotatable bonds is 2. The second kappa shape index (κ2) is 4.52. The molecule has 1 N–H and O–H groups in total. The average Bonchev–Trinajstić information content (AvgIpc) is 2.72. The summed E-state index contributed by atoms with van der Waals surface area (Å²) in [7, 11) is -4.18. The first kappa shape index (κ1) is 15.4. The molecule has 2 aliphatic carbocycles. The monoisotopic (exact) mass is 320 g/mol. The van der Waals surface area contributed by atoms with Gasteiger partial charge in [0.2, 0.25) is 0 Å². The molecule has 0 heterocycles. The zero-order valence-corrected chi connectivity index (χ0v) is 13.8. The van der Waals surface area contributed by atoms with Crippen LogP contribution in [0.15, 0.2) is 34.7 Å². The van der Waals surface area contributed by atoms with E-state index in [4.69, 9.17) is 4.55 Å². The van der Waals surface area contributed by atoms with Crippen molar-refractivity contribution in [3.05, 3.63) is 35.4 Å². The van der Waals surface area contributed by atoms with Gasteiger partial charge in [0.15, 0.2) is 5.78 Å². The Kier molecular flexibility index (Phi) is 3.17. The fraction of sp³-hybridized carbons (Fsp3) is 0.471. The number of carbonyl (C=O) groups excluding carboxylic acids is 1. The molecule has 2 aliphatic rings. The summed E-state index contributed by atoms with van der Waals surface area (Å²) in [6.45, 7) is 6.46. The van der Waals surface area contributed by atoms with Gasteiger partial charge in [-0.05, 0) is 42.0 Å². The van der Waals surface area contributed by atoms with Crippen molar-refractivity contribution in [2.45, 2.75) is 38.5 Å². The van der Waals surface area contributed by atoms with Gasteiger partial charge in [-0.15, -0.1) is 0 Å². The van der Waals surface area contributed by atoms with Crippen LogP contribution in [0, 0.1) is 16.7 Å². The summed E-state index contributed by atoms with van der Waals surface area (Å²) in [6, 6.07) is 5.94. The largest absolute Gasteiger partial charge is 0.294 e. The average molecular weight is 320 g/mol. The molecular weight excluding hydrogens is 300 g/mol. The summed E-state index contributed by atoms with van der Waals surface area (Å²) < 4.78 is 31.1. The maximum absolute atomic E-state index is 12.6. The normalized spacial score (nSPS) is 31.9. The van der Waals surface area contributed by atoms with Gasteiger partial charge in [-0.3, -0.25) is 9.35 Å². The molecule has 4 nitrogen and oxygen atoms in total. The lowest BCUT2D eigenvalue weighted by Crippen LogP contribution is -2.27. The van der Waals surface area contributed by atoms with Gasteiger partial charge >= 0.3 is 0 Å². The van der Waals surface area contributed by atoms with Crippen LogP contribution in [0.2, 0.25) is 0 Å². The van der Waals surface area contributed by atoms with Gasteiger partial charge in [-0.25, -0.2) is 0 Å². The van der Waals surface area contributed by atoms with Gasteiger partial charge in [0.05, 0.1) is 4.90 Å². The first-order valence-corrected chi connectivity index (χ1v) is 8.85. The standard InChI is InChI=1S/C17H20O4S/c1-16(2)13-8-9-17(16,3)14(15(13)18)10-11-4-6-12(7-5-11)22(19,20)21/h4-7,10,13H,8-9H2,1-3H3,(H,19,20,21)/b14-10+/t13-,17+/m0/s1. The molecule has 2 fully saturated rings. The number of benzene rings is 1. The molecular formula is C17H20O4S. The quantitative estimate of drug-likeness (QED) is 0.670. The van der Waals surface area contributed by atoms with E-state index in [0.717, 1.165) is 24.0 Å². The van der Waals surface area contributed by atoms with Gasteiger partial charge in [0.25, 0.3) is 10.1 Å². The minimum atomic E-state index is -4.18. The van der Waals surface area contributed by atoms with E-state index in [2.05, 4.69) is 20.8 Å². The second-order valence-electron chi connectivity index (χ2n) is 7.11. The summed E-state index contributed by atoms with van der Waals surface area (Å²) in [5, 5.41) is 0. The number of carbonyl (C=O) groups is 1. The van der Waals surface area contributed by atoms with Gasteiger partial charge in [0.1, 0.15) is 0 Å². The predicted molar refractivity (Wildman–Crippen MR) is 83.9 cm³/mol. The van der Waals surface area contributed by atoms with Crippen molar-refractivity contribution in [3.8, 4) is 0 Å². The lowest BCUT2D eigenvalue weighted by Gasteiger charge is -2.34. The third kappa shape index (κ3) is 1.99. The van der Waals surface area contributed by atoms with E-state index in [1.807, 2.05) is 6.08 Å². The SMILES string of the molecule is CC1(C)[C@H]2CC[C@]1(C)/C(=C/c1ccc(S(=O)(=O)O)cc1)C2=O. The summed E-state index contributed by atoms with van der Waals surface area (Å²) >= 11 is 0. The molecule has 0 amide bonds. The van der Waals surface area contributed by atoms with Crippen molar-refractivity contribution < 1.29 is 17.8 Å². The highest BCUT2D eigenvalue weighted by molar-refractivity contribution is 7.85. The molecule has 2 bridgehead atoms. The second-order valence-corrected chi connectivity index (χ2v) is 8.53. The Morgan fingerprint density at radius 1 is 1.18 bits per heavy atom. The maximum atomic E-state index is 12.6. The first-order valence-electron chi connectivity index (χ1n) is 7.41. The van der Waals surface area contributed by atoms with Crippen molar-refractivity contribution in [3.63, 3.8) is 0 Å². The van der Waals surface area contributed by atoms with Crippen molar-refractivity contribution in [1.82, 2.24) is 0 Å². The maximum Gasteiger partial charge on any atom is 0.294 e.